The van der Waals surface area contributed by atoms with E-state index in [2.05, 4.69) is 29.6 Å². The Morgan fingerprint density at radius 1 is 0.938 bits per heavy atom. The topological polar surface area (TPSA) is 66.5 Å². The summed E-state index contributed by atoms with van der Waals surface area (Å²) in [5.74, 6) is 0.102. The Morgan fingerprint density at radius 2 is 1.53 bits per heavy atom. The number of carbonyl (C=O) groups excluding carboxylic acids is 1. The number of piperidine rings is 1. The molecule has 2 heterocycles. The molecule has 1 N–H and O–H groups in total. The van der Waals surface area contributed by atoms with Gasteiger partial charge in [-0.3, -0.25) is 4.79 Å². The average molecular weight is 469 g/mol. The van der Waals surface area contributed by atoms with E-state index < -0.39 is 10.0 Å². The monoisotopic (exact) mass is 468 g/mol. The van der Waals surface area contributed by atoms with Crippen LogP contribution in [0, 0.1) is 5.92 Å². The lowest BCUT2D eigenvalue weighted by Gasteiger charge is -2.30. The van der Waals surface area contributed by atoms with Gasteiger partial charge in [-0.05, 0) is 41.8 Å². The number of hydrogen-bond donors (Lipinski definition) is 1. The number of nitrogens with one attached hydrogen (secondary N) is 1. The molecule has 1 amide bonds. The zero-order valence-corrected chi connectivity index (χ0v) is 19.5. The molecule has 0 atom stereocenters. The van der Waals surface area contributed by atoms with Gasteiger partial charge in [0.05, 0.1) is 0 Å². The molecule has 1 fully saturated rings. The first-order valence-electron chi connectivity index (χ1n) is 11.0. The summed E-state index contributed by atoms with van der Waals surface area (Å²) in [4.78, 5) is 12.8. The van der Waals surface area contributed by atoms with Crippen LogP contribution in [0.4, 0.5) is 0 Å². The van der Waals surface area contributed by atoms with E-state index in [9.17, 15) is 13.2 Å². The molecule has 1 aliphatic heterocycles. The fraction of sp³-hybridized carbons (Fsp3) is 0.320. The van der Waals surface area contributed by atoms with Crippen LogP contribution in [0.3, 0.4) is 0 Å². The highest BCUT2D eigenvalue weighted by molar-refractivity contribution is 7.91. The molecule has 0 aliphatic carbocycles. The number of nitrogens with zero attached hydrogens (tertiary/aromatic N) is 1. The van der Waals surface area contributed by atoms with Crippen LogP contribution in [0.2, 0.25) is 0 Å². The van der Waals surface area contributed by atoms with Gasteiger partial charge in [0.2, 0.25) is 5.91 Å². The molecule has 5 nitrogen and oxygen atoms in total. The number of sulfonamides is 1. The van der Waals surface area contributed by atoms with Gasteiger partial charge in [0, 0.05) is 31.5 Å². The Bertz CT molecular complexity index is 1050. The van der Waals surface area contributed by atoms with E-state index in [0.29, 0.717) is 36.7 Å². The van der Waals surface area contributed by atoms with Crippen LogP contribution in [0.15, 0.2) is 82.4 Å². The van der Waals surface area contributed by atoms with Crippen molar-refractivity contribution < 1.29 is 13.2 Å². The molecule has 7 heteroatoms. The SMILES string of the molecule is O=C(NCCC(c1ccccc1)c1ccccc1)C1CCN(S(=O)(=O)c2cccs2)CC1. The van der Waals surface area contributed by atoms with Crippen LogP contribution in [0.5, 0.6) is 0 Å². The molecule has 168 valence electrons. The Kier molecular flexibility index (Phi) is 7.40. The Morgan fingerprint density at radius 3 is 2.06 bits per heavy atom. The summed E-state index contributed by atoms with van der Waals surface area (Å²) in [6, 6.07) is 24.1. The van der Waals surface area contributed by atoms with Crippen LogP contribution in [-0.4, -0.2) is 38.3 Å². The molecule has 3 aromatic rings. The largest absolute Gasteiger partial charge is 0.356 e. The lowest BCUT2D eigenvalue weighted by Crippen LogP contribution is -2.43. The first-order chi connectivity index (χ1) is 15.6. The molecule has 2 aromatic carbocycles. The van der Waals surface area contributed by atoms with Gasteiger partial charge in [-0.2, -0.15) is 4.31 Å². The maximum Gasteiger partial charge on any atom is 0.252 e. The summed E-state index contributed by atoms with van der Waals surface area (Å²) >= 11 is 1.23. The smallest absolute Gasteiger partial charge is 0.252 e. The number of benzene rings is 2. The highest BCUT2D eigenvalue weighted by Gasteiger charge is 2.32. The standard InChI is InChI=1S/C25H28N2O3S2/c28-25(22-14-17-27(18-15-22)32(29,30)24-12-7-19-31-24)26-16-13-23(20-8-3-1-4-9-20)21-10-5-2-6-11-21/h1-12,19,22-23H,13-18H2,(H,26,28). The molecule has 0 radical (unpaired) electrons. The Hall–Kier alpha value is -2.48. The van der Waals surface area contributed by atoms with Crippen molar-refractivity contribution in [3.8, 4) is 0 Å². The number of thiophene rings is 1. The second-order valence-electron chi connectivity index (χ2n) is 8.06. The van der Waals surface area contributed by atoms with Gasteiger partial charge >= 0.3 is 0 Å². The van der Waals surface area contributed by atoms with Crippen LogP contribution < -0.4 is 5.32 Å². The zero-order chi connectivity index (χ0) is 22.4. The van der Waals surface area contributed by atoms with Crippen LogP contribution >= 0.6 is 11.3 Å². The molecule has 0 unspecified atom stereocenters. The third kappa shape index (κ3) is 5.28. The molecule has 0 spiro atoms. The molecule has 32 heavy (non-hydrogen) atoms. The van der Waals surface area contributed by atoms with Crippen molar-refractivity contribution in [2.45, 2.75) is 29.4 Å². The predicted molar refractivity (Wildman–Crippen MR) is 128 cm³/mol. The van der Waals surface area contributed by atoms with E-state index in [0.717, 1.165) is 6.42 Å². The second-order valence-corrected chi connectivity index (χ2v) is 11.2. The van der Waals surface area contributed by atoms with Crippen molar-refractivity contribution in [2.24, 2.45) is 5.92 Å². The summed E-state index contributed by atoms with van der Waals surface area (Å²) in [6.45, 7) is 1.35. The van der Waals surface area contributed by atoms with E-state index in [1.54, 1.807) is 17.5 Å². The number of amides is 1. The minimum atomic E-state index is -3.44. The average Bonchev–Trinajstić information content (AvgIpc) is 3.39. The van der Waals surface area contributed by atoms with Gasteiger partial charge in [-0.1, -0.05) is 66.7 Å². The predicted octanol–water partition coefficient (Wildman–Crippen LogP) is 4.49. The van der Waals surface area contributed by atoms with Crippen molar-refractivity contribution in [3.63, 3.8) is 0 Å². The summed E-state index contributed by atoms with van der Waals surface area (Å²) in [6.07, 6.45) is 1.92. The second kappa shape index (κ2) is 10.4. The fourth-order valence-corrected chi connectivity index (χ4v) is 6.89. The lowest BCUT2D eigenvalue weighted by atomic mass is 9.88. The molecule has 1 aliphatic rings. The molecule has 1 saturated heterocycles. The first kappa shape index (κ1) is 22.7. The maximum atomic E-state index is 12.8. The third-order valence-corrected chi connectivity index (χ3v) is 9.32. The number of carbonyl (C=O) groups is 1. The van der Waals surface area contributed by atoms with Gasteiger partial charge < -0.3 is 5.32 Å². The van der Waals surface area contributed by atoms with Crippen molar-refractivity contribution in [2.75, 3.05) is 19.6 Å². The third-order valence-electron chi connectivity index (χ3n) is 6.05. The minimum absolute atomic E-state index is 0.0260. The highest BCUT2D eigenvalue weighted by atomic mass is 32.2. The van der Waals surface area contributed by atoms with Gasteiger partial charge in [-0.15, -0.1) is 11.3 Å². The van der Waals surface area contributed by atoms with E-state index in [1.165, 1.54) is 26.8 Å². The molecular weight excluding hydrogens is 440 g/mol. The quantitative estimate of drug-likeness (QED) is 0.530. The van der Waals surface area contributed by atoms with E-state index in [1.807, 2.05) is 36.4 Å². The summed E-state index contributed by atoms with van der Waals surface area (Å²) in [5, 5.41) is 4.87. The van der Waals surface area contributed by atoms with Gasteiger partial charge in [0.25, 0.3) is 10.0 Å². The normalized spacial score (nSPS) is 15.7. The Labute approximate surface area is 194 Å². The van der Waals surface area contributed by atoms with E-state index in [-0.39, 0.29) is 17.7 Å². The zero-order valence-electron chi connectivity index (χ0n) is 17.9. The van der Waals surface area contributed by atoms with E-state index >= 15 is 0 Å². The van der Waals surface area contributed by atoms with Gasteiger partial charge in [-0.25, -0.2) is 8.42 Å². The fourth-order valence-electron chi connectivity index (χ4n) is 4.28. The number of rotatable bonds is 8. The van der Waals surface area contributed by atoms with Crippen LogP contribution in [0.1, 0.15) is 36.3 Å². The van der Waals surface area contributed by atoms with Crippen molar-refractivity contribution in [3.05, 3.63) is 89.3 Å². The summed E-state index contributed by atoms with van der Waals surface area (Å²) in [7, 11) is -3.44. The summed E-state index contributed by atoms with van der Waals surface area (Å²) in [5.41, 5.74) is 2.47. The van der Waals surface area contributed by atoms with Crippen molar-refractivity contribution in [1.29, 1.82) is 0 Å². The molecular formula is C25H28N2O3S2. The lowest BCUT2D eigenvalue weighted by molar-refractivity contribution is -0.126. The van der Waals surface area contributed by atoms with Crippen LogP contribution in [0.25, 0.3) is 0 Å². The molecule has 0 bridgehead atoms. The maximum absolute atomic E-state index is 12.8. The molecule has 1 aromatic heterocycles. The molecule has 0 saturated carbocycles. The van der Waals surface area contributed by atoms with E-state index in [4.69, 9.17) is 0 Å². The Balaban J connectivity index is 1.31. The molecule has 4 rings (SSSR count). The highest BCUT2D eigenvalue weighted by Crippen LogP contribution is 2.28. The van der Waals surface area contributed by atoms with Gasteiger partial charge in [0.15, 0.2) is 0 Å². The summed E-state index contributed by atoms with van der Waals surface area (Å²) < 4.78 is 27.2. The van der Waals surface area contributed by atoms with Crippen LogP contribution in [-0.2, 0) is 14.8 Å². The number of hydrogen-bond acceptors (Lipinski definition) is 4. The first-order valence-corrected chi connectivity index (χ1v) is 13.3. The van der Waals surface area contributed by atoms with Gasteiger partial charge in [0.1, 0.15) is 4.21 Å². The van der Waals surface area contributed by atoms with Crippen molar-refractivity contribution in [1.82, 2.24) is 9.62 Å². The minimum Gasteiger partial charge on any atom is -0.356 e. The van der Waals surface area contributed by atoms with Crippen molar-refractivity contribution >= 4 is 27.3 Å².